The maximum absolute atomic E-state index is 12.2. The molecule has 1 heterocycles. The number of nitrogens with zero attached hydrogens (tertiary/aromatic N) is 1. The number of hydrogen-bond acceptors (Lipinski definition) is 2. The minimum Gasteiger partial charge on any atom is -0.396 e. The highest BCUT2D eigenvalue weighted by Crippen LogP contribution is 2.18. The maximum Gasteiger partial charge on any atom is 0.406 e. The molecule has 0 aromatic carbocycles. The molecule has 0 saturated carbocycles. The van der Waals surface area contributed by atoms with Crippen LogP contribution in [0.5, 0.6) is 0 Å². The molecule has 0 fully saturated rings. The molecular weight excluding hydrogens is 249 g/mol. The lowest BCUT2D eigenvalue weighted by atomic mass is 10.3. The van der Waals surface area contributed by atoms with Crippen molar-refractivity contribution in [3.05, 3.63) is 24.0 Å². The first kappa shape index (κ1) is 14.6. The maximum atomic E-state index is 12.2. The van der Waals surface area contributed by atoms with Crippen LogP contribution in [0.2, 0.25) is 0 Å². The number of unbranched alkanes of at least 4 members (excludes halogenated alkanes) is 1. The number of carbonyl (C=O) groups is 1. The summed E-state index contributed by atoms with van der Waals surface area (Å²) in [7, 11) is 0. The lowest BCUT2D eigenvalue weighted by molar-refractivity contribution is -0.140. The quantitative estimate of drug-likeness (QED) is 0.766. The minimum absolute atomic E-state index is 0.0173. The molecule has 18 heavy (non-hydrogen) atoms. The van der Waals surface area contributed by atoms with E-state index in [-0.39, 0.29) is 12.3 Å². The van der Waals surface area contributed by atoms with Gasteiger partial charge >= 0.3 is 6.18 Å². The number of nitrogens with one attached hydrogen (secondary N) is 1. The molecule has 4 nitrogen and oxygen atoms in total. The van der Waals surface area contributed by atoms with Crippen LogP contribution in [0.15, 0.2) is 18.3 Å². The van der Waals surface area contributed by atoms with E-state index in [0.717, 1.165) is 4.57 Å². The molecule has 7 heteroatoms. The molecule has 1 rings (SSSR count). The van der Waals surface area contributed by atoms with Crippen LogP contribution >= 0.6 is 0 Å². The third kappa shape index (κ3) is 4.79. The second kappa shape index (κ2) is 6.44. The fraction of sp³-hybridized carbons (Fsp3) is 0.545. The Kier molecular flexibility index (Phi) is 5.21. The largest absolute Gasteiger partial charge is 0.406 e. The number of aliphatic hydroxyl groups excluding tert-OH is 1. The van der Waals surface area contributed by atoms with Gasteiger partial charge in [0.25, 0.3) is 5.91 Å². The highest BCUT2D eigenvalue weighted by molar-refractivity contribution is 5.92. The van der Waals surface area contributed by atoms with Crippen molar-refractivity contribution in [3.8, 4) is 0 Å². The smallest absolute Gasteiger partial charge is 0.396 e. The van der Waals surface area contributed by atoms with Crippen LogP contribution in [-0.2, 0) is 6.54 Å². The Balaban J connectivity index is 2.55. The van der Waals surface area contributed by atoms with Crippen molar-refractivity contribution in [2.24, 2.45) is 0 Å². The van der Waals surface area contributed by atoms with Gasteiger partial charge in [-0.05, 0) is 25.0 Å². The highest BCUT2D eigenvalue weighted by Gasteiger charge is 2.29. The van der Waals surface area contributed by atoms with E-state index < -0.39 is 18.6 Å². The molecule has 0 aliphatic heterocycles. The van der Waals surface area contributed by atoms with Gasteiger partial charge in [-0.2, -0.15) is 13.2 Å². The number of aromatic nitrogens is 1. The van der Waals surface area contributed by atoms with E-state index in [2.05, 4.69) is 5.32 Å². The van der Waals surface area contributed by atoms with Crippen LogP contribution in [0, 0.1) is 0 Å². The Morgan fingerprint density at radius 2 is 2.11 bits per heavy atom. The Morgan fingerprint density at radius 3 is 2.72 bits per heavy atom. The molecule has 0 saturated heterocycles. The fourth-order valence-electron chi connectivity index (χ4n) is 1.48. The topological polar surface area (TPSA) is 54.3 Å². The zero-order valence-corrected chi connectivity index (χ0v) is 9.70. The lowest BCUT2D eigenvalue weighted by Crippen LogP contribution is -2.29. The number of aliphatic hydroxyl groups is 1. The van der Waals surface area contributed by atoms with Crippen molar-refractivity contribution in [3.63, 3.8) is 0 Å². The summed E-state index contributed by atoms with van der Waals surface area (Å²) in [4.78, 5) is 11.6. The number of alkyl halides is 3. The van der Waals surface area contributed by atoms with E-state index in [0.29, 0.717) is 19.4 Å². The van der Waals surface area contributed by atoms with E-state index in [4.69, 9.17) is 5.11 Å². The zero-order chi connectivity index (χ0) is 13.6. The van der Waals surface area contributed by atoms with Crippen molar-refractivity contribution < 1.29 is 23.1 Å². The third-order valence-corrected chi connectivity index (χ3v) is 2.28. The van der Waals surface area contributed by atoms with Gasteiger partial charge in [0.15, 0.2) is 0 Å². The van der Waals surface area contributed by atoms with Crippen LogP contribution in [0.25, 0.3) is 0 Å². The van der Waals surface area contributed by atoms with E-state index in [9.17, 15) is 18.0 Å². The van der Waals surface area contributed by atoms with Gasteiger partial charge in [-0.25, -0.2) is 0 Å². The SMILES string of the molecule is O=C(NCCCCO)c1cccn1CC(F)(F)F. The van der Waals surface area contributed by atoms with Gasteiger partial charge in [0.05, 0.1) is 0 Å². The van der Waals surface area contributed by atoms with E-state index in [1.807, 2.05) is 0 Å². The summed E-state index contributed by atoms with van der Waals surface area (Å²) in [6.07, 6.45) is -2.01. The van der Waals surface area contributed by atoms with Gasteiger partial charge in [-0.1, -0.05) is 0 Å². The summed E-state index contributed by atoms with van der Waals surface area (Å²) in [6.45, 7) is -0.823. The zero-order valence-electron chi connectivity index (χ0n) is 9.70. The van der Waals surface area contributed by atoms with Gasteiger partial charge in [0, 0.05) is 19.3 Å². The molecule has 0 spiro atoms. The van der Waals surface area contributed by atoms with Gasteiger partial charge in [0.2, 0.25) is 0 Å². The molecule has 0 radical (unpaired) electrons. The van der Waals surface area contributed by atoms with Crippen molar-refractivity contribution >= 4 is 5.91 Å². The van der Waals surface area contributed by atoms with Gasteiger partial charge in [-0.3, -0.25) is 4.79 Å². The summed E-state index contributed by atoms with van der Waals surface area (Å²) < 4.78 is 37.6. The molecule has 102 valence electrons. The van der Waals surface area contributed by atoms with Crippen molar-refractivity contribution in [2.45, 2.75) is 25.6 Å². The molecule has 0 aliphatic carbocycles. The Labute approximate surface area is 102 Å². The molecule has 0 bridgehead atoms. The third-order valence-electron chi connectivity index (χ3n) is 2.28. The van der Waals surface area contributed by atoms with Crippen LogP contribution in [0.4, 0.5) is 13.2 Å². The van der Waals surface area contributed by atoms with Gasteiger partial charge in [0.1, 0.15) is 12.2 Å². The van der Waals surface area contributed by atoms with Crippen molar-refractivity contribution in [1.82, 2.24) is 9.88 Å². The van der Waals surface area contributed by atoms with Crippen LogP contribution in [0.1, 0.15) is 23.3 Å². The standard InChI is InChI=1S/C11H15F3N2O2/c12-11(13,14)8-16-6-3-4-9(16)10(18)15-5-1-2-7-17/h3-4,6,17H,1-2,5,7-8H2,(H,15,18). The average Bonchev–Trinajstić information content (AvgIpc) is 2.69. The number of carbonyl (C=O) groups excluding carboxylic acids is 1. The predicted molar refractivity (Wildman–Crippen MR) is 59.1 cm³/mol. The lowest BCUT2D eigenvalue weighted by Gasteiger charge is -2.11. The van der Waals surface area contributed by atoms with Gasteiger partial charge in [-0.15, -0.1) is 0 Å². The molecule has 0 unspecified atom stereocenters. The van der Waals surface area contributed by atoms with Crippen LogP contribution in [0.3, 0.4) is 0 Å². The average molecular weight is 264 g/mol. The van der Waals surface area contributed by atoms with E-state index in [1.165, 1.54) is 18.3 Å². The molecule has 1 amide bonds. The predicted octanol–water partition coefficient (Wildman–Crippen LogP) is 1.55. The Bertz CT molecular complexity index is 388. The summed E-state index contributed by atoms with van der Waals surface area (Å²) in [5.41, 5.74) is -0.0173. The monoisotopic (exact) mass is 264 g/mol. The van der Waals surface area contributed by atoms with E-state index >= 15 is 0 Å². The first-order valence-corrected chi connectivity index (χ1v) is 5.55. The summed E-state index contributed by atoms with van der Waals surface area (Å²) in [5.74, 6) is -0.540. The Morgan fingerprint density at radius 1 is 1.39 bits per heavy atom. The van der Waals surface area contributed by atoms with E-state index in [1.54, 1.807) is 0 Å². The summed E-state index contributed by atoms with van der Waals surface area (Å²) in [5, 5.41) is 11.1. The molecular formula is C11H15F3N2O2. The van der Waals surface area contributed by atoms with Crippen molar-refractivity contribution in [2.75, 3.05) is 13.2 Å². The number of halogens is 3. The van der Waals surface area contributed by atoms with Crippen LogP contribution in [-0.4, -0.2) is 34.9 Å². The highest BCUT2D eigenvalue weighted by atomic mass is 19.4. The second-order valence-electron chi connectivity index (χ2n) is 3.82. The minimum atomic E-state index is -4.36. The number of rotatable bonds is 6. The van der Waals surface area contributed by atoms with Gasteiger partial charge < -0.3 is 15.0 Å². The first-order valence-electron chi connectivity index (χ1n) is 5.55. The second-order valence-corrected chi connectivity index (χ2v) is 3.82. The molecule has 1 aromatic rings. The molecule has 0 aliphatic rings. The Hall–Kier alpha value is -1.50. The summed E-state index contributed by atoms with van der Waals surface area (Å²) in [6, 6.07) is 2.74. The van der Waals surface area contributed by atoms with Crippen LogP contribution < -0.4 is 5.32 Å². The van der Waals surface area contributed by atoms with Crippen molar-refractivity contribution in [1.29, 1.82) is 0 Å². The number of hydrogen-bond donors (Lipinski definition) is 2. The number of amides is 1. The molecule has 1 aromatic heterocycles. The normalized spacial score (nSPS) is 11.6. The first-order chi connectivity index (χ1) is 8.44. The fourth-order valence-corrected chi connectivity index (χ4v) is 1.48. The molecule has 0 atom stereocenters. The summed E-state index contributed by atoms with van der Waals surface area (Å²) >= 11 is 0. The molecule has 2 N–H and O–H groups in total.